The Morgan fingerprint density at radius 1 is 1.09 bits per heavy atom. The van der Waals surface area contributed by atoms with Gasteiger partial charge in [0.25, 0.3) is 10.0 Å². The number of amides is 1. The van der Waals surface area contributed by atoms with Crippen LogP contribution >= 0.6 is 23.1 Å². The molecular weight excluding hydrogens is 466 g/mol. The van der Waals surface area contributed by atoms with Crippen molar-refractivity contribution < 1.29 is 13.2 Å². The van der Waals surface area contributed by atoms with Gasteiger partial charge < -0.3 is 5.32 Å². The van der Waals surface area contributed by atoms with Gasteiger partial charge in [0.2, 0.25) is 5.91 Å². The molecule has 0 unspecified atom stereocenters. The van der Waals surface area contributed by atoms with Crippen LogP contribution in [0.4, 0.5) is 10.8 Å². The Balaban J connectivity index is 1.36. The number of thiazole rings is 1. The minimum atomic E-state index is -3.73. The van der Waals surface area contributed by atoms with Gasteiger partial charge in [0.05, 0.1) is 16.3 Å². The van der Waals surface area contributed by atoms with E-state index < -0.39 is 10.0 Å². The summed E-state index contributed by atoms with van der Waals surface area (Å²) in [5.74, 6) is -0.0555. The first kappa shape index (κ1) is 22.1. The Labute approximate surface area is 193 Å². The zero-order chi connectivity index (χ0) is 22.6. The van der Waals surface area contributed by atoms with Gasteiger partial charge in [-0.1, -0.05) is 30.0 Å². The van der Waals surface area contributed by atoms with E-state index in [-0.39, 0.29) is 16.6 Å². The van der Waals surface area contributed by atoms with E-state index in [2.05, 4.69) is 20.0 Å². The Kier molecular flexibility index (Phi) is 6.58. The molecule has 2 heterocycles. The monoisotopic (exact) mass is 485 g/mol. The molecule has 4 rings (SSSR count). The summed E-state index contributed by atoms with van der Waals surface area (Å²) in [6.07, 6.45) is 5.08. The molecule has 0 atom stereocenters. The molecule has 2 aromatic heterocycles. The third kappa shape index (κ3) is 5.18. The number of carbonyl (C=O) groups is 1. The molecule has 2 aromatic carbocycles. The number of rotatable bonds is 8. The molecule has 0 spiro atoms. The number of nitrogens with one attached hydrogen (secondary N) is 2. The predicted octanol–water partition coefficient (Wildman–Crippen LogP) is 4.17. The topological polar surface area (TPSA) is 106 Å². The van der Waals surface area contributed by atoms with Crippen molar-refractivity contribution in [2.24, 2.45) is 0 Å². The number of aromatic nitrogens is 3. The first-order chi connectivity index (χ1) is 15.4. The lowest BCUT2D eigenvalue weighted by Gasteiger charge is -2.10. The maximum atomic E-state index is 12.4. The highest BCUT2D eigenvalue weighted by atomic mass is 32.2. The van der Waals surface area contributed by atoms with Crippen LogP contribution in [0.5, 0.6) is 0 Å². The van der Waals surface area contributed by atoms with E-state index in [1.165, 1.54) is 41.4 Å². The lowest BCUT2D eigenvalue weighted by Crippen LogP contribution is -2.15. The predicted molar refractivity (Wildman–Crippen MR) is 127 cm³/mol. The van der Waals surface area contributed by atoms with Crippen LogP contribution in [0.2, 0.25) is 0 Å². The number of aryl methyl sites for hydroxylation is 1. The highest BCUT2D eigenvalue weighted by Gasteiger charge is 2.16. The van der Waals surface area contributed by atoms with E-state index in [9.17, 15) is 13.2 Å². The van der Waals surface area contributed by atoms with E-state index in [0.717, 1.165) is 11.3 Å². The number of hydrogen-bond acceptors (Lipinski definition) is 7. The summed E-state index contributed by atoms with van der Waals surface area (Å²) in [5, 5.41) is 5.47. The number of anilines is 2. The van der Waals surface area contributed by atoms with Crippen molar-refractivity contribution in [3.05, 3.63) is 78.1 Å². The number of imidazole rings is 1. The average molecular weight is 486 g/mol. The van der Waals surface area contributed by atoms with E-state index in [1.54, 1.807) is 23.7 Å². The highest BCUT2D eigenvalue weighted by molar-refractivity contribution is 7.99. The van der Waals surface area contributed by atoms with Crippen molar-refractivity contribution in [3.63, 3.8) is 0 Å². The van der Waals surface area contributed by atoms with Crippen LogP contribution < -0.4 is 10.0 Å². The molecule has 2 N–H and O–H groups in total. The summed E-state index contributed by atoms with van der Waals surface area (Å²) in [6, 6.07) is 13.9. The maximum Gasteiger partial charge on any atom is 0.263 e. The summed E-state index contributed by atoms with van der Waals surface area (Å²) in [4.78, 5) is 20.8. The van der Waals surface area contributed by atoms with Gasteiger partial charge in [0.1, 0.15) is 0 Å². The van der Waals surface area contributed by atoms with Gasteiger partial charge in [0, 0.05) is 29.7 Å². The van der Waals surface area contributed by atoms with Crippen LogP contribution in [0, 0.1) is 6.92 Å². The van der Waals surface area contributed by atoms with Gasteiger partial charge in [-0.05, 0) is 42.8 Å². The molecular formula is C21H19N5O3S3. The zero-order valence-corrected chi connectivity index (χ0v) is 19.4. The fourth-order valence-electron chi connectivity index (χ4n) is 2.91. The van der Waals surface area contributed by atoms with Gasteiger partial charge in [-0.2, -0.15) is 0 Å². The Morgan fingerprint density at radius 2 is 1.88 bits per heavy atom. The molecule has 4 aromatic rings. The second-order valence-electron chi connectivity index (χ2n) is 6.67. The van der Waals surface area contributed by atoms with Crippen molar-refractivity contribution in [1.29, 1.82) is 0 Å². The van der Waals surface area contributed by atoms with Crippen LogP contribution in [0.25, 0.3) is 5.69 Å². The van der Waals surface area contributed by atoms with Crippen molar-refractivity contribution in [2.45, 2.75) is 17.0 Å². The molecule has 0 fully saturated rings. The van der Waals surface area contributed by atoms with Crippen molar-refractivity contribution in [2.75, 3.05) is 15.8 Å². The second kappa shape index (κ2) is 9.55. The fourth-order valence-corrected chi connectivity index (χ4v) is 5.46. The van der Waals surface area contributed by atoms with Crippen LogP contribution in [-0.4, -0.2) is 34.6 Å². The van der Waals surface area contributed by atoms with E-state index in [1.807, 2.05) is 42.0 Å². The molecule has 1 amide bonds. The number of para-hydroxylation sites is 1. The molecule has 11 heteroatoms. The van der Waals surface area contributed by atoms with Crippen LogP contribution in [0.1, 0.15) is 5.56 Å². The maximum absolute atomic E-state index is 12.4. The summed E-state index contributed by atoms with van der Waals surface area (Å²) in [5.41, 5.74) is 2.62. The second-order valence-corrected chi connectivity index (χ2v) is 10.2. The van der Waals surface area contributed by atoms with Crippen molar-refractivity contribution in [1.82, 2.24) is 14.5 Å². The molecule has 8 nitrogen and oxygen atoms in total. The highest BCUT2D eigenvalue weighted by Crippen LogP contribution is 2.23. The summed E-state index contributed by atoms with van der Waals surface area (Å²) in [6.45, 7) is 2.02. The van der Waals surface area contributed by atoms with Crippen LogP contribution in [0.15, 0.2) is 82.6 Å². The minimum absolute atomic E-state index is 0.0836. The largest absolute Gasteiger partial charge is 0.325 e. The standard InChI is InChI=1S/C21H19N5O3S3/c1-15-4-2-3-5-18(15)26-12-10-23-21(26)31-14-19(27)24-16-6-8-17(9-7-16)32(28,29)25-20-22-11-13-30-20/h2-13H,14H2,1H3,(H,22,25)(H,24,27). The molecule has 0 aliphatic carbocycles. The lowest BCUT2D eigenvalue weighted by molar-refractivity contribution is -0.113. The molecule has 32 heavy (non-hydrogen) atoms. The molecule has 164 valence electrons. The summed E-state index contributed by atoms with van der Waals surface area (Å²) in [7, 11) is -3.73. The van der Waals surface area contributed by atoms with Gasteiger partial charge >= 0.3 is 0 Å². The van der Waals surface area contributed by atoms with Gasteiger partial charge in [0.15, 0.2) is 10.3 Å². The average Bonchev–Trinajstić information content (AvgIpc) is 3.45. The number of benzene rings is 2. The van der Waals surface area contributed by atoms with Gasteiger partial charge in [-0.3, -0.25) is 14.1 Å². The Morgan fingerprint density at radius 3 is 2.59 bits per heavy atom. The molecule has 0 radical (unpaired) electrons. The first-order valence-electron chi connectivity index (χ1n) is 9.47. The number of thioether (sulfide) groups is 1. The van der Waals surface area contributed by atoms with Crippen molar-refractivity contribution in [3.8, 4) is 5.69 Å². The molecule has 0 aliphatic rings. The molecule has 0 saturated heterocycles. The van der Waals surface area contributed by atoms with Gasteiger partial charge in [-0.25, -0.2) is 18.4 Å². The summed E-state index contributed by atoms with van der Waals surface area (Å²) < 4.78 is 29.2. The fraction of sp³-hybridized carbons (Fsp3) is 0.0952. The lowest BCUT2D eigenvalue weighted by atomic mass is 10.2. The number of nitrogens with zero attached hydrogens (tertiary/aromatic N) is 3. The summed E-state index contributed by atoms with van der Waals surface area (Å²) >= 11 is 2.52. The van der Waals surface area contributed by atoms with E-state index >= 15 is 0 Å². The molecule has 0 saturated carbocycles. The zero-order valence-electron chi connectivity index (χ0n) is 16.9. The Hall–Kier alpha value is -3.15. The number of carbonyl (C=O) groups excluding carboxylic acids is 1. The SMILES string of the molecule is Cc1ccccc1-n1ccnc1SCC(=O)Nc1ccc(S(=O)(=O)Nc2nccs2)cc1. The third-order valence-corrected chi connectivity index (χ3v) is 7.56. The first-order valence-corrected chi connectivity index (χ1v) is 12.8. The van der Waals surface area contributed by atoms with Crippen molar-refractivity contribution >= 4 is 49.8 Å². The van der Waals surface area contributed by atoms with Gasteiger partial charge in [-0.15, -0.1) is 11.3 Å². The smallest absolute Gasteiger partial charge is 0.263 e. The number of hydrogen-bond donors (Lipinski definition) is 2. The van der Waals surface area contributed by atoms with E-state index in [4.69, 9.17) is 0 Å². The van der Waals surface area contributed by atoms with E-state index in [0.29, 0.717) is 16.0 Å². The quantitative estimate of drug-likeness (QED) is 0.363. The molecule has 0 aliphatic heterocycles. The number of sulfonamides is 1. The Bertz CT molecular complexity index is 1320. The molecule has 0 bridgehead atoms. The minimum Gasteiger partial charge on any atom is -0.325 e. The van der Waals surface area contributed by atoms with Crippen LogP contribution in [-0.2, 0) is 14.8 Å². The normalized spacial score (nSPS) is 11.3. The third-order valence-electron chi connectivity index (χ3n) is 4.42. The van der Waals surface area contributed by atoms with Crippen LogP contribution in [0.3, 0.4) is 0 Å².